The van der Waals surface area contributed by atoms with Crippen molar-refractivity contribution in [3.63, 3.8) is 0 Å². The van der Waals surface area contributed by atoms with Crippen LogP contribution in [0.5, 0.6) is 0 Å². The summed E-state index contributed by atoms with van der Waals surface area (Å²) >= 11 is 0. The Morgan fingerprint density at radius 2 is 2.17 bits per heavy atom. The Hall–Kier alpha value is -0.0800. The molecule has 0 bridgehead atoms. The standard InChI is InChI=1S/C10H17NO/c1-3-10(6-12-7-10)5-8-2-4-11-9(1)8/h8-9,11H,1-7H2. The third kappa shape index (κ3) is 0.944. The highest BCUT2D eigenvalue weighted by molar-refractivity contribution is 4.98. The molecule has 0 aromatic carbocycles. The van der Waals surface area contributed by atoms with Crippen molar-refractivity contribution in [2.24, 2.45) is 11.3 Å². The van der Waals surface area contributed by atoms with E-state index < -0.39 is 0 Å². The van der Waals surface area contributed by atoms with E-state index in [9.17, 15) is 0 Å². The van der Waals surface area contributed by atoms with E-state index in [0.717, 1.165) is 25.2 Å². The maximum absolute atomic E-state index is 5.34. The van der Waals surface area contributed by atoms with Crippen molar-refractivity contribution in [3.05, 3.63) is 0 Å². The summed E-state index contributed by atoms with van der Waals surface area (Å²) in [6.07, 6.45) is 5.65. The van der Waals surface area contributed by atoms with Crippen molar-refractivity contribution in [2.45, 2.75) is 31.7 Å². The van der Waals surface area contributed by atoms with Crippen molar-refractivity contribution >= 4 is 0 Å². The third-order valence-corrected chi connectivity index (χ3v) is 3.99. The van der Waals surface area contributed by atoms with Gasteiger partial charge in [-0.1, -0.05) is 0 Å². The maximum atomic E-state index is 5.34. The largest absolute Gasteiger partial charge is 0.380 e. The molecule has 3 rings (SSSR count). The van der Waals surface area contributed by atoms with E-state index in [-0.39, 0.29) is 0 Å². The molecule has 3 fully saturated rings. The van der Waals surface area contributed by atoms with Gasteiger partial charge in [0.25, 0.3) is 0 Å². The van der Waals surface area contributed by atoms with Gasteiger partial charge in [-0.3, -0.25) is 0 Å². The zero-order chi connectivity index (χ0) is 8.02. The average Bonchev–Trinajstić information content (AvgIpc) is 2.46. The monoisotopic (exact) mass is 167 g/mol. The van der Waals surface area contributed by atoms with Crippen molar-refractivity contribution in [3.8, 4) is 0 Å². The van der Waals surface area contributed by atoms with Crippen molar-refractivity contribution in [2.75, 3.05) is 19.8 Å². The van der Waals surface area contributed by atoms with Crippen LogP contribution < -0.4 is 5.32 Å². The Balaban J connectivity index is 1.72. The van der Waals surface area contributed by atoms with E-state index in [0.29, 0.717) is 5.41 Å². The van der Waals surface area contributed by atoms with Gasteiger partial charge < -0.3 is 10.1 Å². The minimum Gasteiger partial charge on any atom is -0.380 e. The van der Waals surface area contributed by atoms with Crippen LogP contribution in [-0.4, -0.2) is 25.8 Å². The molecule has 0 amide bonds. The number of fused-ring (bicyclic) bond motifs is 1. The summed E-state index contributed by atoms with van der Waals surface area (Å²) in [6, 6.07) is 0.858. The highest BCUT2D eigenvalue weighted by Gasteiger charge is 2.46. The second-order valence-electron chi connectivity index (χ2n) is 4.84. The highest BCUT2D eigenvalue weighted by Crippen LogP contribution is 2.46. The summed E-state index contributed by atoms with van der Waals surface area (Å²) in [4.78, 5) is 0. The Morgan fingerprint density at radius 1 is 1.25 bits per heavy atom. The lowest BCUT2D eigenvalue weighted by Crippen LogP contribution is -2.49. The molecule has 2 saturated heterocycles. The summed E-state index contributed by atoms with van der Waals surface area (Å²) in [5, 5.41) is 3.60. The molecule has 0 aromatic rings. The fraction of sp³-hybridized carbons (Fsp3) is 1.00. The van der Waals surface area contributed by atoms with Crippen molar-refractivity contribution in [1.82, 2.24) is 5.32 Å². The highest BCUT2D eigenvalue weighted by atomic mass is 16.5. The smallest absolute Gasteiger partial charge is 0.0544 e. The molecule has 68 valence electrons. The molecule has 1 saturated carbocycles. The van der Waals surface area contributed by atoms with Crippen molar-refractivity contribution in [1.29, 1.82) is 0 Å². The van der Waals surface area contributed by atoms with Gasteiger partial charge in [0.15, 0.2) is 0 Å². The number of hydrogen-bond acceptors (Lipinski definition) is 2. The van der Waals surface area contributed by atoms with Crippen LogP contribution in [0.2, 0.25) is 0 Å². The summed E-state index contributed by atoms with van der Waals surface area (Å²) < 4.78 is 5.34. The van der Waals surface area contributed by atoms with Crippen LogP contribution in [0.15, 0.2) is 0 Å². The fourth-order valence-corrected chi connectivity index (χ4v) is 3.18. The molecule has 1 spiro atoms. The van der Waals surface area contributed by atoms with Crippen molar-refractivity contribution < 1.29 is 4.74 Å². The van der Waals surface area contributed by atoms with Crippen LogP contribution in [0.3, 0.4) is 0 Å². The Kier molecular flexibility index (Phi) is 1.50. The van der Waals surface area contributed by atoms with E-state index in [1.54, 1.807) is 0 Å². The van der Waals surface area contributed by atoms with Crippen LogP contribution in [0, 0.1) is 11.3 Å². The number of ether oxygens (including phenoxy) is 1. The van der Waals surface area contributed by atoms with Crippen LogP contribution in [-0.2, 0) is 4.74 Å². The first-order chi connectivity index (χ1) is 5.88. The molecule has 0 aromatic heterocycles. The second kappa shape index (κ2) is 2.46. The molecule has 1 aliphatic carbocycles. The lowest BCUT2D eigenvalue weighted by molar-refractivity contribution is -0.141. The average molecular weight is 167 g/mol. The molecule has 3 aliphatic rings. The van der Waals surface area contributed by atoms with Gasteiger partial charge in [0.1, 0.15) is 0 Å². The predicted octanol–water partition coefficient (Wildman–Crippen LogP) is 1.16. The number of rotatable bonds is 0. The zero-order valence-corrected chi connectivity index (χ0v) is 7.51. The Morgan fingerprint density at radius 3 is 2.92 bits per heavy atom. The molecule has 12 heavy (non-hydrogen) atoms. The molecule has 0 radical (unpaired) electrons. The second-order valence-corrected chi connectivity index (χ2v) is 4.84. The molecule has 1 N–H and O–H groups in total. The van der Waals surface area contributed by atoms with E-state index in [1.165, 1.54) is 32.2 Å². The van der Waals surface area contributed by atoms with E-state index in [1.807, 2.05) is 0 Å². The summed E-state index contributed by atoms with van der Waals surface area (Å²) in [5.41, 5.74) is 0.632. The number of nitrogens with one attached hydrogen (secondary N) is 1. The topological polar surface area (TPSA) is 21.3 Å². The summed E-state index contributed by atoms with van der Waals surface area (Å²) in [6.45, 7) is 3.36. The molecule has 2 atom stereocenters. The Bertz CT molecular complexity index is 188. The fourth-order valence-electron chi connectivity index (χ4n) is 3.18. The molecular weight excluding hydrogens is 150 g/mol. The quantitative estimate of drug-likeness (QED) is 0.584. The molecule has 2 aliphatic heterocycles. The van der Waals surface area contributed by atoms with Gasteiger partial charge in [-0.2, -0.15) is 0 Å². The minimum atomic E-state index is 0.632. The minimum absolute atomic E-state index is 0.632. The van der Waals surface area contributed by atoms with E-state index in [2.05, 4.69) is 5.32 Å². The summed E-state index contributed by atoms with van der Waals surface area (Å²) in [7, 11) is 0. The van der Waals surface area contributed by atoms with Gasteiger partial charge in [-0.25, -0.2) is 0 Å². The van der Waals surface area contributed by atoms with Gasteiger partial charge >= 0.3 is 0 Å². The van der Waals surface area contributed by atoms with Gasteiger partial charge in [-0.05, 0) is 38.1 Å². The van der Waals surface area contributed by atoms with Crippen LogP contribution in [0.4, 0.5) is 0 Å². The van der Waals surface area contributed by atoms with Crippen LogP contribution >= 0.6 is 0 Å². The predicted molar refractivity (Wildman–Crippen MR) is 47.0 cm³/mol. The van der Waals surface area contributed by atoms with Gasteiger partial charge in [0, 0.05) is 11.5 Å². The first kappa shape index (κ1) is 7.34. The molecule has 2 nitrogen and oxygen atoms in total. The van der Waals surface area contributed by atoms with E-state index in [4.69, 9.17) is 4.74 Å². The van der Waals surface area contributed by atoms with E-state index >= 15 is 0 Å². The van der Waals surface area contributed by atoms with Crippen LogP contribution in [0.25, 0.3) is 0 Å². The SMILES string of the molecule is C1CC2CC3(CCC2N1)COC3. The molecule has 2 heteroatoms. The third-order valence-electron chi connectivity index (χ3n) is 3.99. The van der Waals surface area contributed by atoms with Gasteiger partial charge in [-0.15, -0.1) is 0 Å². The lowest BCUT2D eigenvalue weighted by Gasteiger charge is -2.48. The van der Waals surface area contributed by atoms with Gasteiger partial charge in [0.05, 0.1) is 13.2 Å². The van der Waals surface area contributed by atoms with Crippen LogP contribution in [0.1, 0.15) is 25.7 Å². The molecule has 2 heterocycles. The molecular formula is C10H17NO. The summed E-state index contributed by atoms with van der Waals surface area (Å²) in [5.74, 6) is 0.975. The zero-order valence-electron chi connectivity index (χ0n) is 7.51. The first-order valence-electron chi connectivity index (χ1n) is 5.19. The lowest BCUT2D eigenvalue weighted by atomic mass is 9.67. The van der Waals surface area contributed by atoms with Gasteiger partial charge in [0.2, 0.25) is 0 Å². The number of hydrogen-bond donors (Lipinski definition) is 1. The molecule has 2 unspecified atom stereocenters. The maximum Gasteiger partial charge on any atom is 0.0544 e. The normalized spacial score (nSPS) is 44.0. The first-order valence-corrected chi connectivity index (χ1v) is 5.19. The Labute approximate surface area is 73.7 Å².